The van der Waals surface area contributed by atoms with Crippen LogP contribution < -0.4 is 10.1 Å². The van der Waals surface area contributed by atoms with Gasteiger partial charge in [0.05, 0.1) is 13.2 Å². The average molecular weight is 330 g/mol. The predicted octanol–water partition coefficient (Wildman–Crippen LogP) is 3.18. The number of rotatable bonds is 6. The molecule has 0 heterocycles. The first-order chi connectivity index (χ1) is 11.4. The second-order valence-electron chi connectivity index (χ2n) is 5.93. The SMILES string of the molecule is COc1cccc(C(CNC(=O)c2cc(F)ccc2C)N(C)C)c1. The molecule has 5 heteroatoms. The van der Waals surface area contributed by atoms with E-state index in [1.807, 2.05) is 43.3 Å². The number of methoxy groups -OCH3 is 1. The van der Waals surface area contributed by atoms with Gasteiger partial charge in [0.25, 0.3) is 5.91 Å². The molecule has 0 aliphatic carbocycles. The van der Waals surface area contributed by atoms with Crippen LogP contribution in [0.3, 0.4) is 0 Å². The fourth-order valence-electron chi connectivity index (χ4n) is 2.57. The quantitative estimate of drug-likeness (QED) is 0.884. The number of benzene rings is 2. The summed E-state index contributed by atoms with van der Waals surface area (Å²) < 4.78 is 18.6. The third-order valence-corrected chi connectivity index (χ3v) is 4.00. The van der Waals surface area contributed by atoms with E-state index in [0.29, 0.717) is 12.1 Å². The van der Waals surface area contributed by atoms with E-state index >= 15 is 0 Å². The maximum Gasteiger partial charge on any atom is 0.251 e. The third-order valence-electron chi connectivity index (χ3n) is 4.00. The summed E-state index contributed by atoms with van der Waals surface area (Å²) in [5.74, 6) is 0.0797. The summed E-state index contributed by atoms with van der Waals surface area (Å²) in [6.07, 6.45) is 0. The first kappa shape index (κ1) is 17.9. The Balaban J connectivity index is 2.14. The predicted molar refractivity (Wildman–Crippen MR) is 92.9 cm³/mol. The van der Waals surface area contributed by atoms with Crippen molar-refractivity contribution < 1.29 is 13.9 Å². The molecule has 128 valence electrons. The first-order valence-electron chi connectivity index (χ1n) is 7.77. The summed E-state index contributed by atoms with van der Waals surface area (Å²) in [4.78, 5) is 14.4. The number of aryl methyl sites for hydroxylation is 1. The highest BCUT2D eigenvalue weighted by Crippen LogP contribution is 2.22. The van der Waals surface area contributed by atoms with E-state index < -0.39 is 5.82 Å². The lowest BCUT2D eigenvalue weighted by atomic mass is 10.0. The normalized spacial score (nSPS) is 12.1. The lowest BCUT2D eigenvalue weighted by molar-refractivity contribution is 0.0941. The van der Waals surface area contributed by atoms with E-state index in [0.717, 1.165) is 16.9 Å². The topological polar surface area (TPSA) is 41.6 Å². The lowest BCUT2D eigenvalue weighted by Gasteiger charge is -2.25. The molecule has 0 saturated heterocycles. The Morgan fingerprint density at radius 3 is 2.67 bits per heavy atom. The molecule has 0 bridgehead atoms. The van der Waals surface area contributed by atoms with E-state index in [4.69, 9.17) is 4.74 Å². The summed E-state index contributed by atoms with van der Waals surface area (Å²) in [6, 6.07) is 11.9. The first-order valence-corrected chi connectivity index (χ1v) is 7.77. The van der Waals surface area contributed by atoms with Gasteiger partial charge in [0.15, 0.2) is 0 Å². The summed E-state index contributed by atoms with van der Waals surface area (Å²) >= 11 is 0. The summed E-state index contributed by atoms with van der Waals surface area (Å²) in [5, 5.41) is 2.90. The number of hydrogen-bond donors (Lipinski definition) is 1. The molecule has 0 aliphatic rings. The van der Waals surface area contributed by atoms with E-state index in [1.54, 1.807) is 20.1 Å². The van der Waals surface area contributed by atoms with Crippen LogP contribution in [-0.2, 0) is 0 Å². The molecular formula is C19H23FN2O2. The van der Waals surface area contributed by atoms with Gasteiger partial charge < -0.3 is 15.0 Å². The van der Waals surface area contributed by atoms with Crippen LogP contribution in [0.5, 0.6) is 5.75 Å². The zero-order valence-corrected chi connectivity index (χ0v) is 14.5. The van der Waals surface area contributed by atoms with Gasteiger partial charge in [-0.3, -0.25) is 4.79 Å². The smallest absolute Gasteiger partial charge is 0.251 e. The maximum atomic E-state index is 13.4. The Hall–Kier alpha value is -2.40. The van der Waals surface area contributed by atoms with Crippen molar-refractivity contribution in [3.63, 3.8) is 0 Å². The number of amides is 1. The standard InChI is InChI=1S/C19H23FN2O2/c1-13-8-9-15(20)11-17(13)19(23)21-12-18(22(2)3)14-6-5-7-16(10-14)24-4/h5-11,18H,12H2,1-4H3,(H,21,23). The minimum absolute atomic E-state index is 0.0158. The van der Waals surface area contributed by atoms with Crippen LogP contribution in [0.1, 0.15) is 27.5 Å². The maximum absolute atomic E-state index is 13.4. The molecule has 0 aromatic heterocycles. The van der Waals surface area contributed by atoms with Gasteiger partial charge in [-0.2, -0.15) is 0 Å². The summed E-state index contributed by atoms with van der Waals surface area (Å²) in [7, 11) is 5.52. The van der Waals surface area contributed by atoms with Crippen molar-refractivity contribution in [1.82, 2.24) is 10.2 Å². The largest absolute Gasteiger partial charge is 0.497 e. The average Bonchev–Trinajstić information content (AvgIpc) is 2.57. The zero-order chi connectivity index (χ0) is 17.7. The van der Waals surface area contributed by atoms with Gasteiger partial charge in [0.1, 0.15) is 11.6 Å². The van der Waals surface area contributed by atoms with Crippen molar-refractivity contribution >= 4 is 5.91 Å². The second-order valence-corrected chi connectivity index (χ2v) is 5.93. The zero-order valence-electron chi connectivity index (χ0n) is 14.5. The molecule has 4 nitrogen and oxygen atoms in total. The molecule has 2 aromatic carbocycles. The van der Waals surface area contributed by atoms with Crippen LogP contribution >= 0.6 is 0 Å². The Morgan fingerprint density at radius 2 is 2.00 bits per heavy atom. The Labute approximate surface area is 142 Å². The molecule has 2 aromatic rings. The van der Waals surface area contributed by atoms with Crippen LogP contribution in [0, 0.1) is 12.7 Å². The second kappa shape index (κ2) is 7.93. The van der Waals surface area contributed by atoms with Gasteiger partial charge in [-0.05, 0) is 56.4 Å². The van der Waals surface area contributed by atoms with Gasteiger partial charge in [0.2, 0.25) is 0 Å². The Kier molecular flexibility index (Phi) is 5.93. The number of likely N-dealkylation sites (N-methyl/N-ethyl adjacent to an activating group) is 1. The fraction of sp³-hybridized carbons (Fsp3) is 0.316. The lowest BCUT2D eigenvalue weighted by Crippen LogP contribution is -2.34. The van der Waals surface area contributed by atoms with Crippen LogP contribution in [0.2, 0.25) is 0 Å². The van der Waals surface area contributed by atoms with Gasteiger partial charge >= 0.3 is 0 Å². The molecule has 1 amide bonds. The highest BCUT2D eigenvalue weighted by molar-refractivity contribution is 5.95. The van der Waals surface area contributed by atoms with Gasteiger partial charge in [-0.1, -0.05) is 18.2 Å². The molecule has 24 heavy (non-hydrogen) atoms. The van der Waals surface area contributed by atoms with Crippen LogP contribution in [-0.4, -0.2) is 38.6 Å². The number of carbonyl (C=O) groups excluding carboxylic acids is 1. The monoisotopic (exact) mass is 330 g/mol. The highest BCUT2D eigenvalue weighted by Gasteiger charge is 2.17. The molecule has 0 aliphatic heterocycles. The van der Waals surface area contributed by atoms with Gasteiger partial charge in [-0.25, -0.2) is 4.39 Å². The molecule has 1 unspecified atom stereocenters. The molecule has 1 N–H and O–H groups in total. The van der Waals surface area contributed by atoms with Crippen molar-refractivity contribution in [1.29, 1.82) is 0 Å². The fourth-order valence-corrected chi connectivity index (χ4v) is 2.57. The number of halogens is 1. The van der Waals surface area contributed by atoms with Crippen molar-refractivity contribution in [3.8, 4) is 5.75 Å². The molecule has 0 radical (unpaired) electrons. The minimum atomic E-state index is -0.414. The number of ether oxygens (including phenoxy) is 1. The third kappa shape index (κ3) is 4.32. The van der Waals surface area contributed by atoms with Crippen LogP contribution in [0.4, 0.5) is 4.39 Å². The van der Waals surface area contributed by atoms with E-state index in [9.17, 15) is 9.18 Å². The van der Waals surface area contributed by atoms with Crippen molar-refractivity contribution in [2.24, 2.45) is 0 Å². The van der Waals surface area contributed by atoms with Crippen molar-refractivity contribution in [2.45, 2.75) is 13.0 Å². The van der Waals surface area contributed by atoms with Crippen LogP contribution in [0.15, 0.2) is 42.5 Å². The molecule has 2 rings (SSSR count). The molecule has 0 spiro atoms. The number of nitrogens with zero attached hydrogens (tertiary/aromatic N) is 1. The molecule has 1 atom stereocenters. The van der Waals surface area contributed by atoms with Crippen LogP contribution in [0.25, 0.3) is 0 Å². The number of hydrogen-bond acceptors (Lipinski definition) is 3. The molecule has 0 saturated carbocycles. The number of nitrogens with one attached hydrogen (secondary N) is 1. The van der Waals surface area contributed by atoms with Crippen molar-refractivity contribution in [3.05, 3.63) is 65.0 Å². The van der Waals surface area contributed by atoms with E-state index in [2.05, 4.69) is 5.32 Å². The summed E-state index contributed by atoms with van der Waals surface area (Å²) in [6.45, 7) is 2.20. The number of carbonyl (C=O) groups is 1. The van der Waals surface area contributed by atoms with E-state index in [1.165, 1.54) is 12.1 Å². The summed E-state index contributed by atoms with van der Waals surface area (Å²) in [5.41, 5.74) is 2.14. The van der Waals surface area contributed by atoms with Gasteiger partial charge in [0, 0.05) is 12.1 Å². The van der Waals surface area contributed by atoms with Crippen molar-refractivity contribution in [2.75, 3.05) is 27.7 Å². The Morgan fingerprint density at radius 1 is 1.25 bits per heavy atom. The van der Waals surface area contributed by atoms with E-state index in [-0.39, 0.29) is 11.9 Å². The minimum Gasteiger partial charge on any atom is -0.497 e. The molecular weight excluding hydrogens is 307 g/mol. The molecule has 0 fully saturated rings. The Bertz CT molecular complexity index is 716. The van der Waals surface area contributed by atoms with Gasteiger partial charge in [-0.15, -0.1) is 0 Å². The highest BCUT2D eigenvalue weighted by atomic mass is 19.1.